The number of aryl methyl sites for hydroxylation is 1. The molecular weight excluding hydrogens is 386 g/mol. The van der Waals surface area contributed by atoms with Crippen LogP contribution in [0.15, 0.2) is 0 Å². The normalized spacial score (nSPS) is 15.3. The Morgan fingerprint density at radius 2 is 2.00 bits per heavy atom. The summed E-state index contributed by atoms with van der Waals surface area (Å²) >= 11 is 0. The zero-order valence-corrected chi connectivity index (χ0v) is 18.0. The minimum absolute atomic E-state index is 0.150. The summed E-state index contributed by atoms with van der Waals surface area (Å²) in [5.74, 6) is -2.10. The van der Waals surface area contributed by atoms with Gasteiger partial charge in [0.2, 0.25) is 5.91 Å². The number of rotatable bonds is 11. The van der Waals surface area contributed by atoms with Crippen LogP contribution in [0.4, 0.5) is 11.5 Å². The largest absolute Gasteiger partial charge is 0.481 e. The molecule has 1 atom stereocenters. The fraction of sp³-hybridized carbons (Fsp3) is 0.619. The Hall–Kier alpha value is -2.68. The van der Waals surface area contributed by atoms with Crippen LogP contribution in [0.5, 0.6) is 0 Å². The molecule has 2 heterocycles. The van der Waals surface area contributed by atoms with Crippen molar-refractivity contribution in [3.8, 4) is 0 Å². The number of pyridine rings is 1. The van der Waals surface area contributed by atoms with Crippen LogP contribution in [0.3, 0.4) is 0 Å². The number of aliphatic carboxylic acids is 1. The van der Waals surface area contributed by atoms with Crippen LogP contribution in [0, 0.1) is 11.3 Å². The molecule has 0 saturated carbocycles. The van der Waals surface area contributed by atoms with Crippen molar-refractivity contribution in [1.29, 1.82) is 5.41 Å². The highest BCUT2D eigenvalue weighted by molar-refractivity contribution is 5.97. The molecule has 1 aromatic heterocycles. The highest BCUT2D eigenvalue weighted by atomic mass is 16.5. The van der Waals surface area contributed by atoms with E-state index >= 15 is 0 Å². The van der Waals surface area contributed by atoms with Crippen LogP contribution in [0.25, 0.3) is 0 Å². The molecule has 1 fully saturated rings. The summed E-state index contributed by atoms with van der Waals surface area (Å²) in [5.41, 5.74) is 2.99. The average molecular weight is 420 g/mol. The SMILES string of the molecule is CCNc1nc(CC)c(CNC(=O)C(CC)C(=O)O)c(NC2CCOCC2)c1C=N. The number of anilines is 2. The number of aromatic nitrogens is 1. The molecule has 1 aliphatic rings. The van der Waals surface area contributed by atoms with E-state index in [1.165, 1.54) is 6.21 Å². The highest BCUT2D eigenvalue weighted by Gasteiger charge is 2.26. The summed E-state index contributed by atoms with van der Waals surface area (Å²) in [6, 6.07) is 0.191. The minimum atomic E-state index is -1.13. The number of ether oxygens (including phenoxy) is 1. The van der Waals surface area contributed by atoms with Crippen LogP contribution in [0.1, 0.15) is 56.9 Å². The maximum absolute atomic E-state index is 12.4. The summed E-state index contributed by atoms with van der Waals surface area (Å²) in [4.78, 5) is 28.4. The summed E-state index contributed by atoms with van der Waals surface area (Å²) in [7, 11) is 0. The quantitative estimate of drug-likeness (QED) is 0.274. The first kappa shape index (κ1) is 23.6. The number of hydrogen-bond acceptors (Lipinski definition) is 7. The van der Waals surface area contributed by atoms with Gasteiger partial charge in [0, 0.05) is 49.8 Å². The number of carboxylic acids is 1. The van der Waals surface area contributed by atoms with Crippen molar-refractivity contribution in [3.63, 3.8) is 0 Å². The van der Waals surface area contributed by atoms with E-state index in [4.69, 9.17) is 10.1 Å². The Labute approximate surface area is 177 Å². The molecule has 0 radical (unpaired) electrons. The first-order valence-corrected chi connectivity index (χ1v) is 10.6. The number of carbonyl (C=O) groups excluding carboxylic acids is 1. The van der Waals surface area contributed by atoms with Gasteiger partial charge in [0.25, 0.3) is 0 Å². The lowest BCUT2D eigenvalue weighted by Crippen LogP contribution is -2.35. The van der Waals surface area contributed by atoms with E-state index in [-0.39, 0.29) is 19.0 Å². The fourth-order valence-electron chi connectivity index (χ4n) is 3.60. The van der Waals surface area contributed by atoms with Crippen molar-refractivity contribution in [2.75, 3.05) is 30.4 Å². The summed E-state index contributed by atoms with van der Waals surface area (Å²) in [5, 5.41) is 26.8. The van der Waals surface area contributed by atoms with Gasteiger partial charge < -0.3 is 31.2 Å². The van der Waals surface area contributed by atoms with Crippen molar-refractivity contribution < 1.29 is 19.4 Å². The molecule has 1 saturated heterocycles. The molecule has 0 spiro atoms. The molecule has 1 amide bonds. The average Bonchev–Trinajstić information content (AvgIpc) is 2.74. The molecule has 1 unspecified atom stereocenters. The van der Waals surface area contributed by atoms with Crippen LogP contribution >= 0.6 is 0 Å². The third kappa shape index (κ3) is 5.69. The molecule has 30 heavy (non-hydrogen) atoms. The Morgan fingerprint density at radius 3 is 2.53 bits per heavy atom. The predicted octanol–water partition coefficient (Wildman–Crippen LogP) is 2.39. The van der Waals surface area contributed by atoms with E-state index in [2.05, 4.69) is 20.9 Å². The van der Waals surface area contributed by atoms with Gasteiger partial charge in [-0.3, -0.25) is 9.59 Å². The third-order valence-corrected chi connectivity index (χ3v) is 5.28. The van der Waals surface area contributed by atoms with Gasteiger partial charge in [-0.15, -0.1) is 0 Å². The second-order valence-corrected chi connectivity index (χ2v) is 7.25. The molecular formula is C21H33N5O4. The second kappa shape index (κ2) is 11.5. The molecule has 0 aliphatic carbocycles. The van der Waals surface area contributed by atoms with Gasteiger partial charge in [0.05, 0.1) is 11.3 Å². The third-order valence-electron chi connectivity index (χ3n) is 5.28. The lowest BCUT2D eigenvalue weighted by Gasteiger charge is -2.28. The standard InChI is InChI=1S/C21H33N5O4/c1-4-14(21(28)29)20(27)24-12-16-17(5-2)26-19(23-6-3)15(11-22)18(16)25-13-7-9-30-10-8-13/h11,13-14,22H,4-10,12H2,1-3H3,(H,24,27)(H,28,29)(H2,23,25,26). The zero-order valence-electron chi connectivity index (χ0n) is 18.0. The number of hydrogen-bond donors (Lipinski definition) is 5. The molecule has 2 rings (SSSR count). The van der Waals surface area contributed by atoms with Gasteiger partial charge in [0.15, 0.2) is 0 Å². The molecule has 1 aliphatic heterocycles. The number of carboxylic acid groups (broad SMARTS) is 1. The van der Waals surface area contributed by atoms with E-state index < -0.39 is 17.8 Å². The second-order valence-electron chi connectivity index (χ2n) is 7.25. The van der Waals surface area contributed by atoms with E-state index in [1.807, 2.05) is 13.8 Å². The van der Waals surface area contributed by atoms with Crippen LogP contribution < -0.4 is 16.0 Å². The Balaban J connectivity index is 2.42. The Morgan fingerprint density at radius 1 is 1.30 bits per heavy atom. The fourth-order valence-corrected chi connectivity index (χ4v) is 3.60. The van der Waals surface area contributed by atoms with E-state index in [0.29, 0.717) is 37.6 Å². The molecule has 9 nitrogen and oxygen atoms in total. The van der Waals surface area contributed by atoms with Crippen molar-refractivity contribution >= 4 is 29.6 Å². The molecule has 0 aromatic carbocycles. The lowest BCUT2D eigenvalue weighted by atomic mass is 10.0. The number of nitrogens with zero attached hydrogens (tertiary/aromatic N) is 1. The van der Waals surface area contributed by atoms with Gasteiger partial charge in [-0.25, -0.2) is 4.98 Å². The highest BCUT2D eigenvalue weighted by Crippen LogP contribution is 2.30. The molecule has 9 heteroatoms. The molecule has 0 bridgehead atoms. The van der Waals surface area contributed by atoms with Crippen LogP contribution in [-0.4, -0.2) is 54.0 Å². The number of amides is 1. The zero-order chi connectivity index (χ0) is 22.1. The smallest absolute Gasteiger partial charge is 0.316 e. The molecule has 5 N–H and O–H groups in total. The summed E-state index contributed by atoms with van der Waals surface area (Å²) in [6.45, 7) is 7.79. The lowest BCUT2D eigenvalue weighted by molar-refractivity contribution is -0.147. The first-order chi connectivity index (χ1) is 14.5. The van der Waals surface area contributed by atoms with Crippen molar-refractivity contribution in [2.45, 2.75) is 59.0 Å². The number of nitrogens with one attached hydrogen (secondary N) is 4. The maximum Gasteiger partial charge on any atom is 0.316 e. The maximum atomic E-state index is 12.4. The van der Waals surface area contributed by atoms with Crippen LogP contribution in [-0.2, 0) is 27.3 Å². The van der Waals surface area contributed by atoms with Gasteiger partial charge in [-0.2, -0.15) is 0 Å². The molecule has 166 valence electrons. The van der Waals surface area contributed by atoms with E-state index in [0.717, 1.165) is 29.8 Å². The topological polar surface area (TPSA) is 136 Å². The Bertz CT molecular complexity index is 762. The van der Waals surface area contributed by atoms with Crippen molar-refractivity contribution in [1.82, 2.24) is 10.3 Å². The van der Waals surface area contributed by atoms with Gasteiger partial charge >= 0.3 is 5.97 Å². The van der Waals surface area contributed by atoms with Crippen LogP contribution in [0.2, 0.25) is 0 Å². The van der Waals surface area contributed by atoms with Crippen molar-refractivity contribution in [3.05, 3.63) is 16.8 Å². The predicted molar refractivity (Wildman–Crippen MR) is 116 cm³/mol. The van der Waals surface area contributed by atoms with Crippen molar-refractivity contribution in [2.24, 2.45) is 5.92 Å². The minimum Gasteiger partial charge on any atom is -0.481 e. The monoisotopic (exact) mass is 419 g/mol. The summed E-state index contributed by atoms with van der Waals surface area (Å²) in [6.07, 6.45) is 3.82. The van der Waals surface area contributed by atoms with Gasteiger partial charge in [-0.05, 0) is 32.6 Å². The number of carbonyl (C=O) groups is 2. The van der Waals surface area contributed by atoms with Gasteiger partial charge in [-0.1, -0.05) is 13.8 Å². The first-order valence-electron chi connectivity index (χ1n) is 10.6. The molecule has 1 aromatic rings. The Kier molecular flexibility index (Phi) is 9.04. The van der Waals surface area contributed by atoms with Gasteiger partial charge in [0.1, 0.15) is 11.7 Å². The van der Waals surface area contributed by atoms with E-state index in [1.54, 1.807) is 6.92 Å². The summed E-state index contributed by atoms with van der Waals surface area (Å²) < 4.78 is 5.45. The van der Waals surface area contributed by atoms with E-state index in [9.17, 15) is 14.7 Å².